The van der Waals surface area contributed by atoms with Gasteiger partial charge in [0.15, 0.2) is 23.0 Å². The summed E-state index contributed by atoms with van der Waals surface area (Å²) in [6, 6.07) is 18.1. The monoisotopic (exact) mass is 1170 g/mol. The SMILES string of the molecule is CC.Cn1cc(-c2cnc(C(=O)NC3CC4(C3)CC(c3n[nH]c(=O)c5ccccc35)C4)c(F)c2)cn1.Cn1cc(B2OC(C)(C)C(C)(C)O2)cn1.NC1CC2(C1)CC(c1n[nH]c(=O)c3ccccc13)C2.O=C(O)c1ncc(Br)cc1F. The minimum absolute atomic E-state index is 0.00735. The Labute approximate surface area is 475 Å². The zero-order chi connectivity index (χ0) is 58.2. The number of amides is 1. The standard InChI is InChI=1S/C25H23FN6O2.C15H17N3O.C10H17BN2O2.C6H3BrFNO2.C2H6/c1-32-13-16(12-28-32)14-6-20(26)22(27-11-14)24(34)29-17-9-25(10-17)7-15(8-25)21-18-4-2-3-5-19(18)23(33)31-30-21;16-10-7-15(8-10)5-9(6-15)13-11-3-1-2-4-12(11)14(19)18-17-13;1-9(2)10(3,4)15-11(14-9)8-6-12-13(5)7-8;7-3-1-4(8)5(6(10)11)9-2-3;1-2/h2-6,11-13,15,17H,7-10H2,1H3,(H,29,34)(H,31,33);1-4,9-10H,5-8,16H2,(H,18,19);6-7H,1-5H3;1-2H,(H,10,11);1-2H3. The number of carboxylic acids is 1. The topological polar surface area (TPSA) is 264 Å². The van der Waals surface area contributed by atoms with Crippen molar-refractivity contribution in [2.24, 2.45) is 30.7 Å². The van der Waals surface area contributed by atoms with Crippen LogP contribution in [0.3, 0.4) is 0 Å². The van der Waals surface area contributed by atoms with E-state index in [0.717, 1.165) is 83.2 Å². The third-order valence-electron chi connectivity index (χ3n) is 16.4. The van der Waals surface area contributed by atoms with Gasteiger partial charge in [-0.1, -0.05) is 50.2 Å². The molecule has 0 radical (unpaired) electrons. The number of aromatic nitrogens is 10. The second-order valence-corrected chi connectivity index (χ2v) is 23.6. The molecule has 7 heterocycles. The van der Waals surface area contributed by atoms with E-state index in [4.69, 9.17) is 20.1 Å². The number of halogens is 3. The molecule has 23 heteroatoms. The molecule has 5 aliphatic rings. The summed E-state index contributed by atoms with van der Waals surface area (Å²) >= 11 is 2.95. The lowest BCUT2D eigenvalue weighted by molar-refractivity contribution is -0.0197. The van der Waals surface area contributed by atoms with E-state index in [9.17, 15) is 28.0 Å². The molecule has 0 unspecified atom stereocenters. The van der Waals surface area contributed by atoms with Crippen molar-refractivity contribution in [3.05, 3.63) is 157 Å². The summed E-state index contributed by atoms with van der Waals surface area (Å²) in [6.45, 7) is 12.2. The molecular weight excluding hydrogens is 1110 g/mol. The van der Waals surface area contributed by atoms with Gasteiger partial charge in [-0.3, -0.25) is 23.7 Å². The highest BCUT2D eigenvalue weighted by Gasteiger charge is 2.55. The molecular formula is C58H66BBrF2N12O7. The maximum atomic E-state index is 14.6. The number of nitrogens with two attached hydrogens (primary N) is 1. The van der Waals surface area contributed by atoms with Crippen LogP contribution in [0.4, 0.5) is 8.78 Å². The summed E-state index contributed by atoms with van der Waals surface area (Å²) in [7, 11) is 3.36. The number of fused-ring (bicyclic) bond motifs is 2. The molecule has 0 atom stereocenters. The Hall–Kier alpha value is -7.34. The molecule has 2 spiro atoms. The van der Waals surface area contributed by atoms with Gasteiger partial charge in [-0.2, -0.15) is 20.4 Å². The first-order valence-electron chi connectivity index (χ1n) is 27.0. The van der Waals surface area contributed by atoms with Crippen LogP contribution in [0.15, 0.2) is 112 Å². The van der Waals surface area contributed by atoms with Crippen LogP contribution in [0.25, 0.3) is 32.7 Å². The van der Waals surface area contributed by atoms with Crippen LogP contribution < -0.4 is 27.6 Å². The maximum Gasteiger partial charge on any atom is 0.498 e. The van der Waals surface area contributed by atoms with E-state index in [0.29, 0.717) is 32.8 Å². The molecule has 4 aliphatic carbocycles. The normalized spacial score (nSPS) is 23.3. The molecule has 13 rings (SSSR count). The Bertz CT molecular complexity index is 3710. The first-order chi connectivity index (χ1) is 38.5. The van der Waals surface area contributed by atoms with Crippen LogP contribution in [0, 0.1) is 22.5 Å². The Morgan fingerprint density at radius 2 is 1.17 bits per heavy atom. The Morgan fingerprint density at radius 1 is 0.691 bits per heavy atom. The number of rotatable bonds is 7. The second-order valence-electron chi connectivity index (χ2n) is 22.7. The van der Waals surface area contributed by atoms with Gasteiger partial charge in [0.25, 0.3) is 17.0 Å². The predicted octanol–water partition coefficient (Wildman–Crippen LogP) is 8.65. The van der Waals surface area contributed by atoms with E-state index in [1.54, 1.807) is 35.0 Å². The summed E-state index contributed by atoms with van der Waals surface area (Å²) in [5.41, 5.74) is 9.25. The largest absolute Gasteiger partial charge is 0.498 e. The summed E-state index contributed by atoms with van der Waals surface area (Å²) in [5.74, 6) is -2.57. The number of carbonyl (C=O) groups is 2. The zero-order valence-electron chi connectivity index (χ0n) is 46.5. The number of carbonyl (C=O) groups excluding carboxylic acids is 1. The number of aryl methyl sites for hydroxylation is 2. The minimum Gasteiger partial charge on any atom is -0.476 e. The molecule has 19 nitrogen and oxygen atoms in total. The number of pyridine rings is 2. The Kier molecular flexibility index (Phi) is 16.7. The lowest BCUT2D eigenvalue weighted by atomic mass is 9.49. The first-order valence-corrected chi connectivity index (χ1v) is 27.8. The summed E-state index contributed by atoms with van der Waals surface area (Å²) in [6.07, 6.45) is 18.1. The van der Waals surface area contributed by atoms with Crippen LogP contribution in [0.2, 0.25) is 0 Å². The van der Waals surface area contributed by atoms with Crippen LogP contribution in [0.1, 0.15) is 137 Å². The highest BCUT2D eigenvalue weighted by molar-refractivity contribution is 9.10. The van der Waals surface area contributed by atoms with Crippen molar-refractivity contribution in [1.29, 1.82) is 0 Å². The van der Waals surface area contributed by atoms with Gasteiger partial charge < -0.3 is 25.5 Å². The summed E-state index contributed by atoms with van der Waals surface area (Å²) in [5, 5.41) is 36.7. The third-order valence-corrected chi connectivity index (χ3v) is 16.8. The van der Waals surface area contributed by atoms with Gasteiger partial charge in [-0.25, -0.2) is 33.7 Å². The van der Waals surface area contributed by atoms with E-state index < -0.39 is 29.2 Å². The van der Waals surface area contributed by atoms with Gasteiger partial charge >= 0.3 is 13.1 Å². The van der Waals surface area contributed by atoms with E-state index in [1.807, 2.05) is 103 Å². The molecule has 1 saturated heterocycles. The molecule has 424 valence electrons. The fourth-order valence-corrected chi connectivity index (χ4v) is 12.1. The average molecular weight is 1170 g/mol. The number of H-pyrrole nitrogens is 2. The number of benzene rings is 2. The molecule has 6 N–H and O–H groups in total. The molecule has 81 heavy (non-hydrogen) atoms. The molecule has 2 aromatic carbocycles. The van der Waals surface area contributed by atoms with Gasteiger partial charge in [0.1, 0.15) is 0 Å². The molecule has 1 amide bonds. The fourth-order valence-electron chi connectivity index (χ4n) is 11.8. The smallest absolute Gasteiger partial charge is 0.476 e. The lowest BCUT2D eigenvalue weighted by Gasteiger charge is -2.57. The van der Waals surface area contributed by atoms with Crippen molar-refractivity contribution in [3.63, 3.8) is 0 Å². The molecule has 6 aromatic heterocycles. The van der Waals surface area contributed by atoms with Crippen LogP contribution in [-0.2, 0) is 23.4 Å². The Balaban J connectivity index is 0.000000142. The maximum absolute atomic E-state index is 14.6. The number of nitrogens with one attached hydrogen (secondary N) is 3. The van der Waals surface area contributed by atoms with Gasteiger partial charge in [-0.05, 0) is 130 Å². The lowest BCUT2D eigenvalue weighted by Crippen LogP contribution is -2.56. The van der Waals surface area contributed by atoms with E-state index in [2.05, 4.69) is 61.8 Å². The number of aromatic carboxylic acids is 1. The average Bonchev–Trinajstić information content (AvgIpc) is 4.27. The van der Waals surface area contributed by atoms with Gasteiger partial charge in [0, 0.05) is 101 Å². The molecule has 5 fully saturated rings. The predicted molar refractivity (Wildman–Crippen MR) is 307 cm³/mol. The molecule has 4 saturated carbocycles. The van der Waals surface area contributed by atoms with Crippen LogP contribution in [-0.4, -0.2) is 97.3 Å². The zero-order valence-corrected chi connectivity index (χ0v) is 48.1. The van der Waals surface area contributed by atoms with Gasteiger partial charge in [0.2, 0.25) is 0 Å². The Morgan fingerprint density at radius 3 is 1.63 bits per heavy atom. The molecule has 0 bridgehead atoms. The van der Waals surface area contributed by atoms with Crippen LogP contribution >= 0.6 is 15.9 Å². The van der Waals surface area contributed by atoms with E-state index in [-0.39, 0.29) is 52.5 Å². The van der Waals surface area contributed by atoms with Crippen molar-refractivity contribution in [1.82, 2.24) is 55.2 Å². The van der Waals surface area contributed by atoms with Gasteiger partial charge in [0.05, 0.1) is 39.6 Å². The van der Waals surface area contributed by atoms with Crippen molar-refractivity contribution < 1.29 is 32.8 Å². The second kappa shape index (κ2) is 23.3. The van der Waals surface area contributed by atoms with Crippen molar-refractivity contribution in [2.75, 3.05) is 0 Å². The van der Waals surface area contributed by atoms with Crippen molar-refractivity contribution >= 4 is 61.9 Å². The fraction of sp³-hybridized carbons (Fsp3) is 0.414. The number of aromatic amines is 2. The summed E-state index contributed by atoms with van der Waals surface area (Å²) in [4.78, 5) is 54.1. The quantitative estimate of drug-likeness (QED) is 0.0936. The highest BCUT2D eigenvalue weighted by Crippen LogP contribution is 2.63. The first kappa shape index (κ1) is 58.3. The number of hydrogen-bond acceptors (Lipinski definition) is 13. The number of carboxylic acid groups (broad SMARTS) is 1. The highest BCUT2D eigenvalue weighted by atomic mass is 79.9. The van der Waals surface area contributed by atoms with E-state index in [1.165, 1.54) is 31.3 Å². The van der Waals surface area contributed by atoms with Crippen molar-refractivity contribution in [2.45, 2.75) is 128 Å². The third kappa shape index (κ3) is 12.3. The molecule has 1 aliphatic heterocycles. The van der Waals surface area contributed by atoms with Crippen molar-refractivity contribution in [3.8, 4) is 11.1 Å². The number of hydrogen-bond donors (Lipinski definition) is 5. The molecule has 8 aromatic rings. The van der Waals surface area contributed by atoms with Gasteiger partial charge in [-0.15, -0.1) is 0 Å². The van der Waals surface area contributed by atoms with Crippen LogP contribution in [0.5, 0.6) is 0 Å². The summed E-state index contributed by atoms with van der Waals surface area (Å²) < 4.78 is 42.8. The number of nitrogens with zero attached hydrogens (tertiary/aromatic N) is 8. The minimum atomic E-state index is -1.37. The van der Waals surface area contributed by atoms with E-state index >= 15 is 0 Å².